The molecule has 0 radical (unpaired) electrons. The van der Waals surface area contributed by atoms with Crippen LogP contribution in [0.4, 0.5) is 0 Å². The summed E-state index contributed by atoms with van der Waals surface area (Å²) in [5.41, 5.74) is 1.59. The van der Waals surface area contributed by atoms with Gasteiger partial charge in [0.15, 0.2) is 0 Å². The lowest BCUT2D eigenvalue weighted by Gasteiger charge is -2.09. The molecule has 0 aliphatic carbocycles. The Bertz CT molecular complexity index is 1070. The fraction of sp³-hybridized carbons (Fsp3) is 0.0500. The summed E-state index contributed by atoms with van der Waals surface area (Å²) in [5, 5.41) is 4.96. The lowest BCUT2D eigenvalue weighted by Crippen LogP contribution is -2.18. The van der Waals surface area contributed by atoms with Crippen LogP contribution in [0.1, 0.15) is 11.1 Å². The summed E-state index contributed by atoms with van der Waals surface area (Å²) in [6.45, 7) is 0.346. The Morgan fingerprint density at radius 2 is 1.50 bits per heavy atom. The Morgan fingerprint density at radius 3 is 2.18 bits per heavy atom. The number of hydrogen-bond donors (Lipinski definition) is 1. The van der Waals surface area contributed by atoms with Gasteiger partial charge in [-0.25, -0.2) is 4.83 Å². The quantitative estimate of drug-likeness (QED) is 0.425. The van der Waals surface area contributed by atoms with Crippen LogP contribution in [0.2, 0.25) is 10.0 Å². The summed E-state index contributed by atoms with van der Waals surface area (Å²) in [4.78, 5) is 2.25. The molecule has 0 amide bonds. The third-order valence-corrected chi connectivity index (χ3v) is 5.47. The fourth-order valence-corrected chi connectivity index (χ4v) is 3.34. The van der Waals surface area contributed by atoms with Crippen molar-refractivity contribution in [2.75, 3.05) is 0 Å². The van der Waals surface area contributed by atoms with Crippen LogP contribution in [0, 0.1) is 0 Å². The molecule has 3 aromatic rings. The molecule has 3 aromatic carbocycles. The monoisotopic (exact) mass is 434 g/mol. The lowest BCUT2D eigenvalue weighted by molar-refractivity contribution is 0.306. The van der Waals surface area contributed by atoms with Crippen LogP contribution in [0.5, 0.6) is 5.75 Å². The Labute approximate surface area is 173 Å². The highest BCUT2D eigenvalue weighted by atomic mass is 35.5. The van der Waals surface area contributed by atoms with Gasteiger partial charge in [-0.3, -0.25) is 0 Å². The molecule has 0 heterocycles. The molecule has 1 N–H and O–H groups in total. The van der Waals surface area contributed by atoms with Crippen molar-refractivity contribution in [2.45, 2.75) is 11.5 Å². The van der Waals surface area contributed by atoms with Crippen LogP contribution in [0.25, 0.3) is 0 Å². The van der Waals surface area contributed by atoms with Crippen LogP contribution in [0.3, 0.4) is 0 Å². The second-order valence-electron chi connectivity index (χ2n) is 5.76. The Kier molecular flexibility index (Phi) is 6.57. The number of rotatable bonds is 7. The predicted octanol–water partition coefficient (Wildman–Crippen LogP) is 4.88. The fourth-order valence-electron chi connectivity index (χ4n) is 2.29. The molecule has 5 nitrogen and oxygen atoms in total. The first-order valence-corrected chi connectivity index (χ1v) is 10.4. The molecule has 0 aromatic heterocycles. The molecule has 0 atom stereocenters. The molecule has 3 rings (SSSR count). The molecule has 144 valence electrons. The summed E-state index contributed by atoms with van der Waals surface area (Å²) in [6, 6.07) is 20.3. The van der Waals surface area contributed by atoms with Gasteiger partial charge in [0.2, 0.25) is 0 Å². The second kappa shape index (κ2) is 9.10. The summed E-state index contributed by atoms with van der Waals surface area (Å²) in [5.74, 6) is 0.576. The van der Waals surface area contributed by atoms with Crippen molar-refractivity contribution < 1.29 is 13.2 Å². The van der Waals surface area contributed by atoms with Crippen molar-refractivity contribution in [3.8, 4) is 5.75 Å². The standard InChI is InChI=1S/C20H16Cl2N2O3S/c21-17-7-5-15(6-8-17)14-27-20-4-2-1-3-16(20)13-23-24-28(25,26)19-11-9-18(22)10-12-19/h1-13,24H,14H2/b23-13-. The largest absolute Gasteiger partial charge is 0.488 e. The zero-order chi connectivity index (χ0) is 20.0. The maximum absolute atomic E-state index is 12.2. The minimum absolute atomic E-state index is 0.0707. The van der Waals surface area contributed by atoms with Gasteiger partial charge in [-0.2, -0.15) is 13.5 Å². The molecular formula is C20H16Cl2N2O3S. The number of hydrazone groups is 1. The first-order valence-electron chi connectivity index (χ1n) is 8.21. The highest BCUT2D eigenvalue weighted by Gasteiger charge is 2.12. The number of benzene rings is 3. The molecule has 0 unspecified atom stereocenters. The van der Waals surface area contributed by atoms with Crippen molar-refractivity contribution in [2.24, 2.45) is 5.10 Å². The van der Waals surface area contributed by atoms with Crippen molar-refractivity contribution in [3.63, 3.8) is 0 Å². The number of halogens is 2. The van der Waals surface area contributed by atoms with E-state index < -0.39 is 10.0 Å². The molecular weight excluding hydrogens is 419 g/mol. The summed E-state index contributed by atoms with van der Waals surface area (Å²) < 4.78 is 30.3. The average molecular weight is 435 g/mol. The molecule has 0 fully saturated rings. The predicted molar refractivity (Wildman–Crippen MR) is 112 cm³/mol. The van der Waals surface area contributed by atoms with Crippen LogP contribution >= 0.6 is 23.2 Å². The Balaban J connectivity index is 1.68. The van der Waals surface area contributed by atoms with Gasteiger partial charge in [0.1, 0.15) is 12.4 Å². The van der Waals surface area contributed by atoms with E-state index in [0.29, 0.717) is 28.0 Å². The molecule has 0 aliphatic heterocycles. The van der Waals surface area contributed by atoms with E-state index in [2.05, 4.69) is 9.93 Å². The molecule has 0 bridgehead atoms. The van der Waals surface area contributed by atoms with Crippen LogP contribution in [-0.2, 0) is 16.6 Å². The van der Waals surface area contributed by atoms with Crippen molar-refractivity contribution in [1.29, 1.82) is 0 Å². The van der Waals surface area contributed by atoms with E-state index in [4.69, 9.17) is 27.9 Å². The highest BCUT2D eigenvalue weighted by molar-refractivity contribution is 7.89. The molecule has 28 heavy (non-hydrogen) atoms. The van der Waals surface area contributed by atoms with E-state index in [0.717, 1.165) is 5.56 Å². The van der Waals surface area contributed by atoms with E-state index in [1.807, 2.05) is 24.3 Å². The molecule has 0 saturated heterocycles. The van der Waals surface area contributed by atoms with Crippen LogP contribution < -0.4 is 9.57 Å². The third-order valence-electron chi connectivity index (χ3n) is 3.73. The SMILES string of the molecule is O=S(=O)(N/N=C\c1ccccc1OCc1ccc(Cl)cc1)c1ccc(Cl)cc1. The average Bonchev–Trinajstić information content (AvgIpc) is 2.69. The van der Waals surface area contributed by atoms with Crippen molar-refractivity contribution in [3.05, 3.63) is 94.0 Å². The zero-order valence-corrected chi connectivity index (χ0v) is 16.9. The zero-order valence-electron chi connectivity index (χ0n) is 14.5. The molecule has 0 saturated carbocycles. The Hall–Kier alpha value is -2.54. The first kappa shape index (κ1) is 20.2. The minimum atomic E-state index is -3.78. The number of hydrogen-bond acceptors (Lipinski definition) is 4. The number of para-hydroxylation sites is 1. The number of nitrogens with one attached hydrogen (secondary N) is 1. The topological polar surface area (TPSA) is 67.8 Å². The first-order chi connectivity index (χ1) is 13.4. The summed E-state index contributed by atoms with van der Waals surface area (Å²) in [6.07, 6.45) is 1.39. The van der Waals surface area contributed by atoms with Gasteiger partial charge in [-0.1, -0.05) is 47.5 Å². The van der Waals surface area contributed by atoms with E-state index in [1.165, 1.54) is 30.5 Å². The Morgan fingerprint density at radius 1 is 0.893 bits per heavy atom. The minimum Gasteiger partial charge on any atom is -0.488 e. The number of ether oxygens (including phenoxy) is 1. The number of sulfonamides is 1. The molecule has 0 aliphatic rings. The highest BCUT2D eigenvalue weighted by Crippen LogP contribution is 2.19. The van der Waals surface area contributed by atoms with Gasteiger partial charge in [0, 0.05) is 15.6 Å². The maximum atomic E-state index is 12.2. The lowest BCUT2D eigenvalue weighted by atomic mass is 10.2. The smallest absolute Gasteiger partial charge is 0.276 e. The van der Waals surface area contributed by atoms with Crippen LogP contribution in [0.15, 0.2) is 82.8 Å². The number of nitrogens with zero attached hydrogens (tertiary/aromatic N) is 1. The van der Waals surface area contributed by atoms with Gasteiger partial charge in [-0.15, -0.1) is 0 Å². The van der Waals surface area contributed by atoms with Gasteiger partial charge < -0.3 is 4.74 Å². The van der Waals surface area contributed by atoms with Crippen molar-refractivity contribution in [1.82, 2.24) is 4.83 Å². The third kappa shape index (κ3) is 5.48. The van der Waals surface area contributed by atoms with E-state index in [1.54, 1.807) is 24.3 Å². The summed E-state index contributed by atoms with van der Waals surface area (Å²) in [7, 11) is -3.78. The van der Waals surface area contributed by atoms with Gasteiger partial charge in [0.05, 0.1) is 11.1 Å². The van der Waals surface area contributed by atoms with E-state index in [9.17, 15) is 8.42 Å². The van der Waals surface area contributed by atoms with Crippen LogP contribution in [-0.4, -0.2) is 14.6 Å². The van der Waals surface area contributed by atoms with Gasteiger partial charge in [-0.05, 0) is 54.1 Å². The molecule has 8 heteroatoms. The maximum Gasteiger partial charge on any atom is 0.276 e. The second-order valence-corrected chi connectivity index (χ2v) is 8.29. The van der Waals surface area contributed by atoms with E-state index in [-0.39, 0.29) is 4.90 Å². The normalized spacial score (nSPS) is 11.5. The van der Waals surface area contributed by atoms with E-state index >= 15 is 0 Å². The van der Waals surface area contributed by atoms with Gasteiger partial charge >= 0.3 is 0 Å². The van der Waals surface area contributed by atoms with Crippen molar-refractivity contribution >= 4 is 39.4 Å². The van der Waals surface area contributed by atoms with Gasteiger partial charge in [0.25, 0.3) is 10.0 Å². The molecule has 0 spiro atoms. The summed E-state index contributed by atoms with van der Waals surface area (Å²) >= 11 is 11.7.